The monoisotopic (exact) mass is 370 g/mol. The van der Waals surface area contributed by atoms with Crippen molar-refractivity contribution in [3.8, 4) is 0 Å². The summed E-state index contributed by atoms with van der Waals surface area (Å²) in [7, 11) is 0. The molecule has 3 heteroatoms. The van der Waals surface area contributed by atoms with Crippen molar-refractivity contribution in [3.05, 3.63) is 0 Å². The molecule has 2 atom stereocenters. The van der Waals surface area contributed by atoms with Crippen molar-refractivity contribution in [1.29, 1.82) is 0 Å². The van der Waals surface area contributed by atoms with Gasteiger partial charge < -0.3 is 10.2 Å². The third-order valence-electron chi connectivity index (χ3n) is 5.45. The molecule has 0 saturated heterocycles. The zero-order chi connectivity index (χ0) is 19.8. The molecule has 0 aromatic rings. The molecule has 0 fully saturated rings. The highest BCUT2D eigenvalue weighted by molar-refractivity contribution is 5.70. The van der Waals surface area contributed by atoms with Crippen LogP contribution in [0.25, 0.3) is 0 Å². The van der Waals surface area contributed by atoms with Gasteiger partial charge in [0.05, 0.1) is 12.0 Å². The van der Waals surface area contributed by atoms with E-state index in [9.17, 15) is 15.0 Å². The number of aliphatic hydroxyl groups excluding tert-OH is 1. The molecular weight excluding hydrogens is 324 g/mol. The Hall–Kier alpha value is -0.570. The molecule has 0 heterocycles. The third-order valence-corrected chi connectivity index (χ3v) is 5.45. The van der Waals surface area contributed by atoms with Crippen LogP contribution < -0.4 is 0 Å². The second-order valence-electron chi connectivity index (χ2n) is 9.14. The fourth-order valence-corrected chi connectivity index (χ4v) is 3.58. The van der Waals surface area contributed by atoms with Gasteiger partial charge in [0.1, 0.15) is 0 Å². The summed E-state index contributed by atoms with van der Waals surface area (Å²) < 4.78 is 0. The van der Waals surface area contributed by atoms with Crippen LogP contribution in [0.2, 0.25) is 0 Å². The van der Waals surface area contributed by atoms with Crippen LogP contribution in [-0.2, 0) is 4.79 Å². The van der Waals surface area contributed by atoms with Crippen LogP contribution >= 0.6 is 0 Å². The van der Waals surface area contributed by atoms with E-state index in [2.05, 4.69) is 6.92 Å². The molecule has 156 valence electrons. The lowest BCUT2D eigenvalue weighted by molar-refractivity contribution is -0.149. The Bertz CT molecular complexity index is 333. The Morgan fingerprint density at radius 1 is 0.731 bits per heavy atom. The Kier molecular flexibility index (Phi) is 15.1. The second kappa shape index (κ2) is 15.5. The lowest BCUT2D eigenvalue weighted by Crippen LogP contribution is -2.38. The first-order valence-corrected chi connectivity index (χ1v) is 11.2. The van der Waals surface area contributed by atoms with Gasteiger partial charge in [0.2, 0.25) is 0 Å². The van der Waals surface area contributed by atoms with Gasteiger partial charge in [-0.3, -0.25) is 4.79 Å². The Morgan fingerprint density at radius 3 is 1.38 bits per heavy atom. The maximum Gasteiger partial charge on any atom is 0.309 e. The van der Waals surface area contributed by atoms with E-state index in [1.54, 1.807) is 0 Å². The number of rotatable bonds is 17. The zero-order valence-electron chi connectivity index (χ0n) is 18.1. The first-order chi connectivity index (χ1) is 12.3. The minimum absolute atomic E-state index is 0.376. The molecule has 2 unspecified atom stereocenters. The van der Waals surface area contributed by atoms with Crippen LogP contribution in [0.3, 0.4) is 0 Å². The minimum Gasteiger partial charge on any atom is -0.481 e. The van der Waals surface area contributed by atoms with Gasteiger partial charge in [0.15, 0.2) is 0 Å². The van der Waals surface area contributed by atoms with Crippen molar-refractivity contribution in [2.24, 2.45) is 11.3 Å². The lowest BCUT2D eigenvalue weighted by Gasteiger charge is -2.30. The highest BCUT2D eigenvalue weighted by Crippen LogP contribution is 2.28. The molecule has 0 amide bonds. The van der Waals surface area contributed by atoms with Crippen LogP contribution in [0.1, 0.15) is 124 Å². The Balaban J connectivity index is 3.53. The summed E-state index contributed by atoms with van der Waals surface area (Å²) >= 11 is 0. The number of aliphatic carboxylic acids is 1. The molecular formula is C23H46O3. The van der Waals surface area contributed by atoms with Crippen LogP contribution in [0.5, 0.6) is 0 Å². The normalized spacial score (nSPS) is 14.3. The molecule has 0 bridgehead atoms. The molecule has 0 aliphatic rings. The summed E-state index contributed by atoms with van der Waals surface area (Å²) in [6.07, 6.45) is 18.0. The highest BCUT2D eigenvalue weighted by atomic mass is 16.4. The number of carboxylic acid groups (broad SMARTS) is 1. The van der Waals surface area contributed by atoms with Crippen molar-refractivity contribution in [1.82, 2.24) is 0 Å². The number of carboxylic acids is 1. The predicted molar refractivity (Wildman–Crippen MR) is 112 cm³/mol. The standard InChI is InChI=1S/C23H46O3/c1-5-6-7-8-9-10-11-12-13-14-15-16-17-18-19-20(22(25)26)21(24)23(2,3)4/h20-21,24H,5-19H2,1-4H3,(H,25,26). The summed E-state index contributed by atoms with van der Waals surface area (Å²) in [5.74, 6) is -1.49. The SMILES string of the molecule is CCCCCCCCCCCCCCCCC(C(=O)O)C(O)C(C)(C)C. The molecule has 0 aromatic carbocycles. The smallest absolute Gasteiger partial charge is 0.309 e. The molecule has 0 rings (SSSR count). The number of carbonyl (C=O) groups is 1. The molecule has 0 radical (unpaired) electrons. The van der Waals surface area contributed by atoms with E-state index >= 15 is 0 Å². The van der Waals surface area contributed by atoms with Crippen LogP contribution in [0.15, 0.2) is 0 Å². The maximum absolute atomic E-state index is 11.4. The van der Waals surface area contributed by atoms with E-state index in [0.717, 1.165) is 12.8 Å². The van der Waals surface area contributed by atoms with Gasteiger partial charge in [0.25, 0.3) is 0 Å². The lowest BCUT2D eigenvalue weighted by atomic mass is 9.79. The topological polar surface area (TPSA) is 57.5 Å². The van der Waals surface area contributed by atoms with Gasteiger partial charge in [-0.1, -0.05) is 118 Å². The van der Waals surface area contributed by atoms with Gasteiger partial charge in [-0.25, -0.2) is 0 Å². The average Bonchev–Trinajstić information content (AvgIpc) is 2.56. The van der Waals surface area contributed by atoms with Crippen molar-refractivity contribution < 1.29 is 15.0 Å². The molecule has 0 aliphatic heterocycles. The quantitative estimate of drug-likeness (QED) is 0.272. The summed E-state index contributed by atoms with van der Waals surface area (Å²) in [5, 5.41) is 19.6. The summed E-state index contributed by atoms with van der Waals surface area (Å²) in [6.45, 7) is 7.97. The van der Waals surface area contributed by atoms with Gasteiger partial charge in [-0.05, 0) is 11.8 Å². The van der Waals surface area contributed by atoms with Crippen LogP contribution in [0, 0.1) is 11.3 Å². The Labute approximate surface area is 163 Å². The fraction of sp³-hybridized carbons (Fsp3) is 0.957. The van der Waals surface area contributed by atoms with E-state index in [-0.39, 0.29) is 5.41 Å². The first kappa shape index (κ1) is 25.4. The van der Waals surface area contributed by atoms with E-state index in [4.69, 9.17) is 0 Å². The molecule has 26 heavy (non-hydrogen) atoms. The average molecular weight is 371 g/mol. The summed E-state index contributed by atoms with van der Waals surface area (Å²) in [4.78, 5) is 11.4. The fourth-order valence-electron chi connectivity index (χ4n) is 3.58. The highest BCUT2D eigenvalue weighted by Gasteiger charge is 2.34. The molecule has 0 aliphatic carbocycles. The molecule has 3 nitrogen and oxygen atoms in total. The van der Waals surface area contributed by atoms with Gasteiger partial charge >= 0.3 is 5.97 Å². The van der Waals surface area contributed by atoms with E-state index in [1.807, 2.05) is 20.8 Å². The van der Waals surface area contributed by atoms with Gasteiger partial charge in [-0.15, -0.1) is 0 Å². The first-order valence-electron chi connectivity index (χ1n) is 11.2. The third kappa shape index (κ3) is 13.6. The predicted octanol–water partition coefficient (Wildman–Crippen LogP) is 6.97. The largest absolute Gasteiger partial charge is 0.481 e. The summed E-state index contributed by atoms with van der Waals surface area (Å²) in [5.41, 5.74) is -0.376. The number of hydrogen-bond donors (Lipinski definition) is 2. The van der Waals surface area contributed by atoms with E-state index in [1.165, 1.54) is 77.0 Å². The van der Waals surface area contributed by atoms with Gasteiger partial charge in [0, 0.05) is 0 Å². The second-order valence-corrected chi connectivity index (χ2v) is 9.14. The van der Waals surface area contributed by atoms with Crippen LogP contribution in [-0.4, -0.2) is 22.3 Å². The van der Waals surface area contributed by atoms with Crippen molar-refractivity contribution in [2.75, 3.05) is 0 Å². The van der Waals surface area contributed by atoms with Crippen molar-refractivity contribution in [2.45, 2.75) is 130 Å². The van der Waals surface area contributed by atoms with E-state index in [0.29, 0.717) is 6.42 Å². The molecule has 0 saturated carbocycles. The van der Waals surface area contributed by atoms with Crippen LogP contribution in [0.4, 0.5) is 0 Å². The number of aliphatic hydroxyl groups is 1. The molecule has 0 spiro atoms. The van der Waals surface area contributed by atoms with Gasteiger partial charge in [-0.2, -0.15) is 0 Å². The minimum atomic E-state index is -0.859. The maximum atomic E-state index is 11.4. The van der Waals surface area contributed by atoms with E-state index < -0.39 is 18.0 Å². The molecule has 0 aromatic heterocycles. The Morgan fingerprint density at radius 2 is 1.08 bits per heavy atom. The summed E-state index contributed by atoms with van der Waals surface area (Å²) in [6, 6.07) is 0. The van der Waals surface area contributed by atoms with Crippen molar-refractivity contribution >= 4 is 5.97 Å². The zero-order valence-corrected chi connectivity index (χ0v) is 18.1. The number of hydrogen-bond acceptors (Lipinski definition) is 2. The number of unbranched alkanes of at least 4 members (excludes halogenated alkanes) is 13. The van der Waals surface area contributed by atoms with Crippen molar-refractivity contribution in [3.63, 3.8) is 0 Å². The molecule has 2 N–H and O–H groups in total.